The standard InChI is InChI=1S/C15H18N2O3/c1-9-5-6-17(13(9)8-18)10-3-4-11-12(7-10)16(2)15(20)14(11)19/h3-4,7,9,13,18H,5-6,8H2,1-2H3. The number of ketones is 1. The van der Waals surface area contributed by atoms with Gasteiger partial charge < -0.3 is 14.9 Å². The summed E-state index contributed by atoms with van der Waals surface area (Å²) < 4.78 is 0. The van der Waals surface area contributed by atoms with E-state index in [1.165, 1.54) is 4.90 Å². The minimum atomic E-state index is -0.481. The fourth-order valence-corrected chi connectivity index (χ4v) is 3.15. The summed E-state index contributed by atoms with van der Waals surface area (Å²) in [6.45, 7) is 3.14. The average molecular weight is 274 g/mol. The van der Waals surface area contributed by atoms with Crippen molar-refractivity contribution in [3.63, 3.8) is 0 Å². The summed E-state index contributed by atoms with van der Waals surface area (Å²) >= 11 is 0. The number of carbonyl (C=O) groups excluding carboxylic acids is 2. The van der Waals surface area contributed by atoms with Crippen LogP contribution >= 0.6 is 0 Å². The molecule has 0 bridgehead atoms. The lowest BCUT2D eigenvalue weighted by Gasteiger charge is -2.28. The Morgan fingerprint density at radius 3 is 2.80 bits per heavy atom. The molecular formula is C15H18N2O3. The van der Waals surface area contributed by atoms with Gasteiger partial charge in [-0.15, -0.1) is 0 Å². The summed E-state index contributed by atoms with van der Waals surface area (Å²) in [4.78, 5) is 27.0. The van der Waals surface area contributed by atoms with E-state index in [0.717, 1.165) is 18.7 Å². The molecular weight excluding hydrogens is 256 g/mol. The van der Waals surface area contributed by atoms with E-state index in [9.17, 15) is 14.7 Å². The molecule has 3 rings (SSSR count). The summed E-state index contributed by atoms with van der Waals surface area (Å²) in [5.41, 5.74) is 2.09. The van der Waals surface area contributed by atoms with E-state index in [1.54, 1.807) is 13.1 Å². The molecule has 1 fully saturated rings. The van der Waals surface area contributed by atoms with Crippen LogP contribution in [0.25, 0.3) is 0 Å². The maximum Gasteiger partial charge on any atom is 0.299 e. The molecule has 106 valence electrons. The van der Waals surface area contributed by atoms with Gasteiger partial charge in [-0.1, -0.05) is 6.92 Å². The summed E-state index contributed by atoms with van der Waals surface area (Å²) in [6.07, 6.45) is 1.04. The van der Waals surface area contributed by atoms with E-state index in [1.807, 2.05) is 12.1 Å². The molecule has 1 aromatic rings. The van der Waals surface area contributed by atoms with E-state index in [-0.39, 0.29) is 12.6 Å². The van der Waals surface area contributed by atoms with Crippen LogP contribution in [0, 0.1) is 5.92 Å². The second-order valence-corrected chi connectivity index (χ2v) is 5.60. The maximum atomic E-state index is 11.8. The molecule has 1 aromatic carbocycles. The topological polar surface area (TPSA) is 60.9 Å². The number of aliphatic hydroxyl groups excluding tert-OH is 1. The highest BCUT2D eigenvalue weighted by Crippen LogP contribution is 2.35. The number of rotatable bonds is 2. The SMILES string of the molecule is CC1CCN(c2ccc3c(c2)N(C)C(=O)C3=O)C1CO. The first-order valence-electron chi connectivity index (χ1n) is 6.88. The molecule has 1 saturated heterocycles. The number of likely N-dealkylation sites (N-methyl/N-ethyl adjacent to an activating group) is 1. The largest absolute Gasteiger partial charge is 0.394 e. The Kier molecular flexibility index (Phi) is 3.01. The monoisotopic (exact) mass is 274 g/mol. The van der Waals surface area contributed by atoms with Gasteiger partial charge in [-0.2, -0.15) is 0 Å². The summed E-state index contributed by atoms with van der Waals surface area (Å²) in [6, 6.07) is 5.56. The quantitative estimate of drug-likeness (QED) is 0.819. The molecule has 0 spiro atoms. The molecule has 1 N–H and O–H groups in total. The molecule has 0 saturated carbocycles. The van der Waals surface area contributed by atoms with Gasteiger partial charge in [-0.3, -0.25) is 9.59 Å². The van der Waals surface area contributed by atoms with Gasteiger partial charge >= 0.3 is 0 Å². The van der Waals surface area contributed by atoms with Gasteiger partial charge in [-0.05, 0) is 30.5 Å². The van der Waals surface area contributed by atoms with Crippen molar-refractivity contribution in [2.24, 2.45) is 5.92 Å². The van der Waals surface area contributed by atoms with Crippen molar-refractivity contribution in [3.8, 4) is 0 Å². The summed E-state index contributed by atoms with van der Waals surface area (Å²) in [5, 5.41) is 9.54. The molecule has 5 nitrogen and oxygen atoms in total. The second-order valence-electron chi connectivity index (χ2n) is 5.60. The number of aliphatic hydroxyl groups is 1. The minimum absolute atomic E-state index is 0.103. The van der Waals surface area contributed by atoms with Crippen molar-refractivity contribution in [3.05, 3.63) is 23.8 Å². The maximum absolute atomic E-state index is 11.8. The van der Waals surface area contributed by atoms with Crippen LogP contribution in [0.3, 0.4) is 0 Å². The van der Waals surface area contributed by atoms with Crippen molar-refractivity contribution < 1.29 is 14.7 Å². The molecule has 0 aliphatic carbocycles. The number of benzene rings is 1. The highest BCUT2D eigenvalue weighted by molar-refractivity contribution is 6.52. The molecule has 5 heteroatoms. The zero-order chi connectivity index (χ0) is 14.4. The van der Waals surface area contributed by atoms with Gasteiger partial charge in [0.05, 0.1) is 23.9 Å². The van der Waals surface area contributed by atoms with Crippen molar-refractivity contribution >= 4 is 23.1 Å². The van der Waals surface area contributed by atoms with Crippen LogP contribution in [0.1, 0.15) is 23.7 Å². The van der Waals surface area contributed by atoms with Gasteiger partial charge in [0.25, 0.3) is 11.7 Å². The molecule has 20 heavy (non-hydrogen) atoms. The van der Waals surface area contributed by atoms with Gasteiger partial charge in [0, 0.05) is 19.3 Å². The van der Waals surface area contributed by atoms with Crippen molar-refractivity contribution in [2.75, 3.05) is 30.0 Å². The first kappa shape index (κ1) is 13.1. The average Bonchev–Trinajstić information content (AvgIpc) is 2.93. The summed E-state index contributed by atoms with van der Waals surface area (Å²) in [5.74, 6) is -0.484. The Morgan fingerprint density at radius 2 is 2.10 bits per heavy atom. The Hall–Kier alpha value is -1.88. The number of amides is 1. The molecule has 0 radical (unpaired) electrons. The van der Waals surface area contributed by atoms with Crippen molar-refractivity contribution in [1.29, 1.82) is 0 Å². The normalized spacial score (nSPS) is 25.6. The molecule has 2 aliphatic rings. The number of nitrogens with zero attached hydrogens (tertiary/aromatic N) is 2. The van der Waals surface area contributed by atoms with Gasteiger partial charge in [0.15, 0.2) is 0 Å². The van der Waals surface area contributed by atoms with Crippen LogP contribution in [0.5, 0.6) is 0 Å². The van der Waals surface area contributed by atoms with Crippen LogP contribution in [0.4, 0.5) is 11.4 Å². The lowest BCUT2D eigenvalue weighted by Crippen LogP contribution is -2.35. The highest BCUT2D eigenvalue weighted by Gasteiger charge is 2.35. The number of hydrogen-bond donors (Lipinski definition) is 1. The zero-order valence-corrected chi connectivity index (χ0v) is 11.7. The van der Waals surface area contributed by atoms with Crippen molar-refractivity contribution in [1.82, 2.24) is 0 Å². The van der Waals surface area contributed by atoms with Crippen LogP contribution < -0.4 is 9.80 Å². The van der Waals surface area contributed by atoms with E-state index < -0.39 is 11.7 Å². The number of hydrogen-bond acceptors (Lipinski definition) is 4. The third-order valence-corrected chi connectivity index (χ3v) is 4.49. The van der Waals surface area contributed by atoms with E-state index >= 15 is 0 Å². The van der Waals surface area contributed by atoms with Crippen LogP contribution in [-0.4, -0.2) is 43.0 Å². The third kappa shape index (κ3) is 1.73. The number of Topliss-reactive ketones (excluding diaryl/α,β-unsaturated/α-hetero) is 1. The summed E-state index contributed by atoms with van der Waals surface area (Å²) in [7, 11) is 1.62. The van der Waals surface area contributed by atoms with Crippen LogP contribution in [-0.2, 0) is 4.79 Å². The minimum Gasteiger partial charge on any atom is -0.394 e. The molecule has 2 heterocycles. The second kappa shape index (κ2) is 4.59. The first-order chi connectivity index (χ1) is 9.54. The zero-order valence-electron chi connectivity index (χ0n) is 11.7. The molecule has 0 aromatic heterocycles. The van der Waals surface area contributed by atoms with Crippen LogP contribution in [0.15, 0.2) is 18.2 Å². The highest BCUT2D eigenvalue weighted by atomic mass is 16.3. The molecule has 2 atom stereocenters. The Labute approximate surface area is 117 Å². The van der Waals surface area contributed by atoms with Gasteiger partial charge in [0.1, 0.15) is 0 Å². The molecule has 1 amide bonds. The number of carbonyl (C=O) groups is 2. The Bertz CT molecular complexity index is 584. The number of anilines is 2. The third-order valence-electron chi connectivity index (χ3n) is 4.49. The van der Waals surface area contributed by atoms with Gasteiger partial charge in [0.2, 0.25) is 0 Å². The Morgan fingerprint density at radius 1 is 1.35 bits per heavy atom. The van der Waals surface area contributed by atoms with E-state index in [4.69, 9.17) is 0 Å². The fraction of sp³-hybridized carbons (Fsp3) is 0.467. The lowest BCUT2D eigenvalue weighted by atomic mass is 10.0. The predicted molar refractivity (Wildman–Crippen MR) is 76.2 cm³/mol. The predicted octanol–water partition coefficient (Wildman–Crippen LogP) is 1.05. The Balaban J connectivity index is 1.98. The molecule has 2 unspecified atom stereocenters. The van der Waals surface area contributed by atoms with Gasteiger partial charge in [-0.25, -0.2) is 0 Å². The van der Waals surface area contributed by atoms with Crippen LogP contribution in [0.2, 0.25) is 0 Å². The number of fused-ring (bicyclic) bond motifs is 1. The smallest absolute Gasteiger partial charge is 0.299 e. The fourth-order valence-electron chi connectivity index (χ4n) is 3.15. The van der Waals surface area contributed by atoms with E-state index in [0.29, 0.717) is 17.2 Å². The van der Waals surface area contributed by atoms with E-state index in [2.05, 4.69) is 11.8 Å². The first-order valence-corrected chi connectivity index (χ1v) is 6.88. The van der Waals surface area contributed by atoms with Crippen molar-refractivity contribution in [2.45, 2.75) is 19.4 Å². The molecule has 2 aliphatic heterocycles. The lowest BCUT2D eigenvalue weighted by molar-refractivity contribution is -0.114.